The van der Waals surface area contributed by atoms with Crippen LogP contribution in [0.5, 0.6) is 0 Å². The summed E-state index contributed by atoms with van der Waals surface area (Å²) in [7, 11) is 1.51. The zero-order valence-corrected chi connectivity index (χ0v) is 11.9. The highest BCUT2D eigenvalue weighted by Crippen LogP contribution is 2.19. The molecule has 0 aliphatic heterocycles. The van der Waals surface area contributed by atoms with E-state index in [-0.39, 0.29) is 12.2 Å². The molecule has 0 unspecified atom stereocenters. The molecule has 3 aromatic rings. The van der Waals surface area contributed by atoms with Crippen LogP contribution in [0.15, 0.2) is 53.1 Å². The van der Waals surface area contributed by atoms with Crippen molar-refractivity contribution in [1.82, 2.24) is 10.5 Å². The number of carbonyl (C=O) groups excluding carboxylic acids is 1. The van der Waals surface area contributed by atoms with Crippen molar-refractivity contribution in [3.63, 3.8) is 0 Å². The van der Waals surface area contributed by atoms with Crippen LogP contribution in [-0.2, 0) is 6.54 Å². The van der Waals surface area contributed by atoms with E-state index in [9.17, 15) is 9.18 Å². The lowest BCUT2D eigenvalue weighted by molar-refractivity contribution is 0.246. The number of carbonyl (C=O) groups is 1. The Morgan fingerprint density at radius 3 is 2.77 bits per heavy atom. The molecule has 112 valence electrons. The number of urea groups is 1. The Morgan fingerprint density at radius 1 is 1.23 bits per heavy atom. The van der Waals surface area contributed by atoms with Crippen molar-refractivity contribution in [3.8, 4) is 0 Å². The zero-order chi connectivity index (χ0) is 15.5. The number of amides is 2. The number of nitrogens with zero attached hydrogens (tertiary/aromatic N) is 2. The van der Waals surface area contributed by atoms with Crippen LogP contribution in [0, 0.1) is 5.82 Å². The average molecular weight is 299 g/mol. The predicted octanol–water partition coefficient (Wildman–Crippen LogP) is 3.31. The Hall–Kier alpha value is -2.89. The van der Waals surface area contributed by atoms with Crippen molar-refractivity contribution in [2.75, 3.05) is 11.9 Å². The minimum absolute atomic E-state index is 0.203. The van der Waals surface area contributed by atoms with Gasteiger partial charge in [0.15, 0.2) is 5.58 Å². The van der Waals surface area contributed by atoms with Crippen LogP contribution in [0.25, 0.3) is 11.0 Å². The maximum atomic E-state index is 13.7. The second-order valence-electron chi connectivity index (χ2n) is 4.79. The van der Waals surface area contributed by atoms with Crippen LogP contribution in [0.3, 0.4) is 0 Å². The second-order valence-corrected chi connectivity index (χ2v) is 4.79. The molecular weight excluding hydrogens is 285 g/mol. The Balaban J connectivity index is 1.71. The van der Waals surface area contributed by atoms with Crippen molar-refractivity contribution in [1.29, 1.82) is 0 Å². The van der Waals surface area contributed by atoms with Gasteiger partial charge in [-0.1, -0.05) is 29.4 Å². The third kappa shape index (κ3) is 2.63. The number of nitrogens with one attached hydrogen (secondary N) is 1. The van der Waals surface area contributed by atoms with E-state index in [0.717, 1.165) is 5.39 Å². The largest absolute Gasteiger partial charge is 0.356 e. The van der Waals surface area contributed by atoms with Gasteiger partial charge in [-0.25, -0.2) is 9.18 Å². The van der Waals surface area contributed by atoms with Crippen molar-refractivity contribution < 1.29 is 13.7 Å². The molecule has 0 spiro atoms. The van der Waals surface area contributed by atoms with Gasteiger partial charge in [0.1, 0.15) is 11.5 Å². The van der Waals surface area contributed by atoms with Crippen LogP contribution < -0.4 is 10.2 Å². The number of anilines is 1. The lowest BCUT2D eigenvalue weighted by Gasteiger charge is -2.18. The molecule has 1 N–H and O–H groups in total. The van der Waals surface area contributed by atoms with E-state index in [0.29, 0.717) is 11.3 Å². The summed E-state index contributed by atoms with van der Waals surface area (Å²) in [4.78, 5) is 13.3. The topological polar surface area (TPSA) is 58.4 Å². The van der Waals surface area contributed by atoms with Gasteiger partial charge in [0.25, 0.3) is 0 Å². The molecule has 6 heteroatoms. The highest BCUT2D eigenvalue weighted by Gasteiger charge is 2.15. The Morgan fingerprint density at radius 2 is 1.95 bits per heavy atom. The van der Waals surface area contributed by atoms with Gasteiger partial charge in [-0.3, -0.25) is 4.90 Å². The summed E-state index contributed by atoms with van der Waals surface area (Å²) in [5.74, 6) is -0.452. The Labute approximate surface area is 126 Å². The fraction of sp³-hybridized carbons (Fsp3) is 0.125. The first-order valence-corrected chi connectivity index (χ1v) is 6.76. The van der Waals surface area contributed by atoms with E-state index in [4.69, 9.17) is 4.52 Å². The number of rotatable bonds is 3. The van der Waals surface area contributed by atoms with Gasteiger partial charge >= 0.3 is 6.03 Å². The first-order chi connectivity index (χ1) is 10.7. The molecule has 0 saturated heterocycles. The molecule has 0 radical (unpaired) electrons. The lowest BCUT2D eigenvalue weighted by atomic mass is 10.2. The fourth-order valence-corrected chi connectivity index (χ4v) is 2.18. The van der Waals surface area contributed by atoms with Gasteiger partial charge in [-0.05, 0) is 24.3 Å². The number of benzene rings is 2. The number of hydrogen-bond donors (Lipinski definition) is 1. The van der Waals surface area contributed by atoms with E-state index in [1.807, 2.05) is 18.2 Å². The van der Waals surface area contributed by atoms with Crippen LogP contribution in [-0.4, -0.2) is 18.2 Å². The molecule has 0 atom stereocenters. The third-order valence-corrected chi connectivity index (χ3v) is 3.38. The standard InChI is InChI=1S/C16H14FN3O2/c1-20(14-8-4-3-7-12(14)17)16(21)18-10-13-11-6-2-5-9-15(11)22-19-13/h2-9H,10H2,1H3,(H,18,21). The highest BCUT2D eigenvalue weighted by atomic mass is 19.1. The smallest absolute Gasteiger partial charge is 0.322 e. The molecule has 22 heavy (non-hydrogen) atoms. The van der Waals surface area contributed by atoms with E-state index < -0.39 is 11.8 Å². The molecular formula is C16H14FN3O2. The van der Waals surface area contributed by atoms with Gasteiger partial charge in [0.05, 0.1) is 12.2 Å². The molecule has 1 heterocycles. The van der Waals surface area contributed by atoms with Gasteiger partial charge < -0.3 is 9.84 Å². The highest BCUT2D eigenvalue weighted by molar-refractivity contribution is 5.91. The average Bonchev–Trinajstić information content (AvgIpc) is 2.95. The predicted molar refractivity (Wildman–Crippen MR) is 81.0 cm³/mol. The molecule has 0 bridgehead atoms. The minimum atomic E-state index is -0.452. The number of para-hydroxylation sites is 2. The SMILES string of the molecule is CN(C(=O)NCc1noc2ccccc12)c1ccccc1F. The van der Waals surface area contributed by atoms with Crippen molar-refractivity contribution in [2.24, 2.45) is 0 Å². The van der Waals surface area contributed by atoms with E-state index in [1.165, 1.54) is 18.0 Å². The summed E-state index contributed by atoms with van der Waals surface area (Å²) < 4.78 is 18.8. The van der Waals surface area contributed by atoms with Crippen LogP contribution in [0.1, 0.15) is 5.69 Å². The molecule has 0 aliphatic carbocycles. The number of halogens is 1. The number of hydrogen-bond acceptors (Lipinski definition) is 3. The Kier molecular flexibility index (Phi) is 3.74. The van der Waals surface area contributed by atoms with Gasteiger partial charge in [0.2, 0.25) is 0 Å². The summed E-state index contributed by atoms with van der Waals surface area (Å²) in [6.45, 7) is 0.203. The fourth-order valence-electron chi connectivity index (χ4n) is 2.18. The van der Waals surface area contributed by atoms with Crippen LogP contribution >= 0.6 is 0 Å². The third-order valence-electron chi connectivity index (χ3n) is 3.38. The maximum Gasteiger partial charge on any atom is 0.322 e. The van der Waals surface area contributed by atoms with E-state index in [1.54, 1.807) is 24.3 Å². The second kappa shape index (κ2) is 5.85. The van der Waals surface area contributed by atoms with Gasteiger partial charge in [-0.15, -0.1) is 0 Å². The molecule has 0 fully saturated rings. The van der Waals surface area contributed by atoms with Crippen LogP contribution in [0.2, 0.25) is 0 Å². The van der Waals surface area contributed by atoms with Crippen molar-refractivity contribution in [3.05, 3.63) is 60.0 Å². The number of fused-ring (bicyclic) bond motifs is 1. The summed E-state index contributed by atoms with van der Waals surface area (Å²) in [5, 5.41) is 7.48. The molecule has 3 rings (SSSR count). The Bertz CT molecular complexity index is 816. The maximum absolute atomic E-state index is 13.7. The number of aromatic nitrogens is 1. The van der Waals surface area contributed by atoms with Gasteiger partial charge in [-0.2, -0.15) is 0 Å². The lowest BCUT2D eigenvalue weighted by Crippen LogP contribution is -2.37. The molecule has 1 aromatic heterocycles. The van der Waals surface area contributed by atoms with Crippen molar-refractivity contribution in [2.45, 2.75) is 6.54 Å². The van der Waals surface area contributed by atoms with E-state index in [2.05, 4.69) is 10.5 Å². The first kappa shape index (κ1) is 14.1. The molecule has 0 aliphatic rings. The minimum Gasteiger partial charge on any atom is -0.356 e. The summed E-state index contributed by atoms with van der Waals surface area (Å²) in [6.07, 6.45) is 0. The molecule has 2 aromatic carbocycles. The summed E-state index contributed by atoms with van der Waals surface area (Å²) in [6, 6.07) is 13.1. The molecule has 0 saturated carbocycles. The summed E-state index contributed by atoms with van der Waals surface area (Å²) >= 11 is 0. The quantitative estimate of drug-likeness (QED) is 0.807. The zero-order valence-electron chi connectivity index (χ0n) is 11.9. The van der Waals surface area contributed by atoms with E-state index >= 15 is 0 Å². The monoisotopic (exact) mass is 299 g/mol. The van der Waals surface area contributed by atoms with Crippen molar-refractivity contribution >= 4 is 22.7 Å². The first-order valence-electron chi connectivity index (χ1n) is 6.76. The van der Waals surface area contributed by atoms with Gasteiger partial charge in [0, 0.05) is 12.4 Å². The normalized spacial score (nSPS) is 10.6. The molecule has 5 nitrogen and oxygen atoms in total. The van der Waals surface area contributed by atoms with Crippen LogP contribution in [0.4, 0.5) is 14.9 Å². The molecule has 2 amide bonds. The summed E-state index contributed by atoms with van der Waals surface area (Å²) in [5.41, 5.74) is 1.50.